The second-order valence-corrected chi connectivity index (χ2v) is 6.73. The fourth-order valence-corrected chi connectivity index (χ4v) is 3.79. The third-order valence-electron chi connectivity index (χ3n) is 3.50. The minimum atomic E-state index is -3.81. The molecule has 1 aliphatic carbocycles. The first-order chi connectivity index (χ1) is 8.90. The summed E-state index contributed by atoms with van der Waals surface area (Å²) in [5, 5.41) is 0. The maximum atomic E-state index is 12.1. The van der Waals surface area contributed by atoms with Crippen molar-refractivity contribution in [3.05, 3.63) is 17.6 Å². The monoisotopic (exact) mass is 285 g/mol. The lowest BCUT2D eigenvalue weighted by Gasteiger charge is -2.20. The van der Waals surface area contributed by atoms with Crippen molar-refractivity contribution in [1.82, 2.24) is 4.72 Å². The predicted molar refractivity (Wildman–Crippen MR) is 70.1 cm³/mol. The Morgan fingerprint density at radius 3 is 2.42 bits per heavy atom. The molecule has 19 heavy (non-hydrogen) atoms. The molecule has 1 aliphatic rings. The SMILES string of the molecule is Cc1cc(S(=O)(=O)NC(=O)C2CCCCC2)c(C)o1. The van der Waals surface area contributed by atoms with Gasteiger partial charge in [-0.3, -0.25) is 4.79 Å². The molecule has 0 unspecified atom stereocenters. The zero-order valence-corrected chi connectivity index (χ0v) is 12.0. The summed E-state index contributed by atoms with van der Waals surface area (Å²) >= 11 is 0. The average Bonchev–Trinajstić information content (AvgIpc) is 2.70. The fraction of sp³-hybridized carbons (Fsp3) is 0.615. The van der Waals surface area contributed by atoms with Crippen LogP contribution in [0.1, 0.15) is 43.6 Å². The van der Waals surface area contributed by atoms with Gasteiger partial charge in [0.1, 0.15) is 16.4 Å². The molecule has 6 heteroatoms. The van der Waals surface area contributed by atoms with Crippen LogP contribution in [0.5, 0.6) is 0 Å². The summed E-state index contributed by atoms with van der Waals surface area (Å²) < 4.78 is 31.6. The van der Waals surface area contributed by atoms with Crippen molar-refractivity contribution in [1.29, 1.82) is 0 Å². The summed E-state index contributed by atoms with van der Waals surface area (Å²) in [6.07, 6.45) is 4.63. The maximum Gasteiger partial charge on any atom is 0.267 e. The summed E-state index contributed by atoms with van der Waals surface area (Å²) in [4.78, 5) is 12.0. The number of carbonyl (C=O) groups is 1. The summed E-state index contributed by atoms with van der Waals surface area (Å²) in [7, 11) is -3.81. The van der Waals surface area contributed by atoms with Crippen LogP contribution in [0.3, 0.4) is 0 Å². The minimum absolute atomic E-state index is 0.0501. The van der Waals surface area contributed by atoms with Gasteiger partial charge in [-0.2, -0.15) is 0 Å². The molecule has 0 aromatic carbocycles. The predicted octanol–water partition coefficient (Wildman–Crippen LogP) is 2.28. The lowest BCUT2D eigenvalue weighted by molar-refractivity contribution is -0.124. The number of aryl methyl sites for hydroxylation is 2. The molecule has 0 radical (unpaired) electrons. The van der Waals surface area contributed by atoms with E-state index in [1.165, 1.54) is 6.07 Å². The number of hydrogen-bond acceptors (Lipinski definition) is 4. The Bertz CT molecular complexity index is 567. The number of rotatable bonds is 3. The lowest BCUT2D eigenvalue weighted by Crippen LogP contribution is -2.36. The molecule has 0 aliphatic heterocycles. The molecular weight excluding hydrogens is 266 g/mol. The summed E-state index contributed by atoms with van der Waals surface area (Å²) in [5.41, 5.74) is 0. The molecule has 1 aromatic rings. The Kier molecular flexibility index (Phi) is 3.99. The van der Waals surface area contributed by atoms with Crippen LogP contribution in [-0.4, -0.2) is 14.3 Å². The van der Waals surface area contributed by atoms with E-state index in [9.17, 15) is 13.2 Å². The Labute approximate surface area is 113 Å². The largest absolute Gasteiger partial charge is 0.465 e. The zero-order chi connectivity index (χ0) is 14.0. The fourth-order valence-electron chi connectivity index (χ4n) is 2.51. The molecule has 0 spiro atoms. The quantitative estimate of drug-likeness (QED) is 0.924. The third-order valence-corrected chi connectivity index (χ3v) is 4.95. The van der Waals surface area contributed by atoms with Gasteiger partial charge in [-0.05, 0) is 26.7 Å². The van der Waals surface area contributed by atoms with Gasteiger partial charge in [0.05, 0.1) is 0 Å². The van der Waals surface area contributed by atoms with Crippen molar-refractivity contribution in [2.24, 2.45) is 5.92 Å². The van der Waals surface area contributed by atoms with E-state index in [-0.39, 0.29) is 10.8 Å². The van der Waals surface area contributed by atoms with Crippen molar-refractivity contribution in [2.75, 3.05) is 0 Å². The zero-order valence-electron chi connectivity index (χ0n) is 11.2. The van der Waals surface area contributed by atoms with E-state index in [0.717, 1.165) is 32.1 Å². The maximum absolute atomic E-state index is 12.1. The van der Waals surface area contributed by atoms with Crippen LogP contribution >= 0.6 is 0 Å². The van der Waals surface area contributed by atoms with Crippen LogP contribution in [0.25, 0.3) is 0 Å². The number of nitrogens with one attached hydrogen (secondary N) is 1. The van der Waals surface area contributed by atoms with Crippen molar-refractivity contribution in [3.8, 4) is 0 Å². The summed E-state index contributed by atoms with van der Waals surface area (Å²) in [6, 6.07) is 1.44. The van der Waals surface area contributed by atoms with E-state index in [0.29, 0.717) is 11.5 Å². The molecule has 1 N–H and O–H groups in total. The van der Waals surface area contributed by atoms with Crippen LogP contribution in [0.15, 0.2) is 15.4 Å². The molecule has 5 nitrogen and oxygen atoms in total. The van der Waals surface area contributed by atoms with Crippen molar-refractivity contribution >= 4 is 15.9 Å². The molecule has 0 bridgehead atoms. The van der Waals surface area contributed by atoms with Gasteiger partial charge in [0.2, 0.25) is 5.91 Å². The highest BCUT2D eigenvalue weighted by Crippen LogP contribution is 2.25. The molecule has 1 saturated carbocycles. The van der Waals surface area contributed by atoms with Crippen molar-refractivity contribution in [2.45, 2.75) is 50.8 Å². The molecular formula is C13H19NO4S. The number of hydrogen-bond donors (Lipinski definition) is 1. The smallest absolute Gasteiger partial charge is 0.267 e. The highest BCUT2D eigenvalue weighted by Gasteiger charge is 2.28. The van der Waals surface area contributed by atoms with Gasteiger partial charge >= 0.3 is 0 Å². The number of sulfonamides is 1. The van der Waals surface area contributed by atoms with Crippen LogP contribution < -0.4 is 4.72 Å². The first-order valence-corrected chi connectivity index (χ1v) is 8.02. The normalized spacial score (nSPS) is 17.4. The molecule has 2 rings (SSSR count). The van der Waals surface area contributed by atoms with Crippen LogP contribution in [0.2, 0.25) is 0 Å². The minimum Gasteiger partial charge on any atom is -0.465 e. The van der Waals surface area contributed by atoms with Gasteiger partial charge in [-0.1, -0.05) is 19.3 Å². The van der Waals surface area contributed by atoms with Crippen LogP contribution in [0.4, 0.5) is 0 Å². The van der Waals surface area contributed by atoms with Gasteiger partial charge in [0.15, 0.2) is 0 Å². The number of amides is 1. The Morgan fingerprint density at radius 1 is 1.26 bits per heavy atom. The Morgan fingerprint density at radius 2 is 1.89 bits per heavy atom. The van der Waals surface area contributed by atoms with E-state index < -0.39 is 15.9 Å². The Hall–Kier alpha value is -1.30. The molecule has 1 aromatic heterocycles. The first kappa shape index (κ1) is 14.1. The van der Waals surface area contributed by atoms with Crippen LogP contribution in [0, 0.1) is 19.8 Å². The average molecular weight is 285 g/mol. The Balaban J connectivity index is 2.13. The number of furan rings is 1. The van der Waals surface area contributed by atoms with Gasteiger partial charge in [0.25, 0.3) is 10.0 Å². The van der Waals surface area contributed by atoms with E-state index in [1.807, 2.05) is 0 Å². The van der Waals surface area contributed by atoms with E-state index in [4.69, 9.17) is 4.42 Å². The second kappa shape index (κ2) is 5.36. The molecule has 0 saturated heterocycles. The second-order valence-electron chi connectivity index (χ2n) is 5.08. The molecule has 0 atom stereocenters. The van der Waals surface area contributed by atoms with Crippen molar-refractivity contribution < 1.29 is 17.6 Å². The molecule has 106 valence electrons. The van der Waals surface area contributed by atoms with Gasteiger partial charge in [-0.15, -0.1) is 0 Å². The van der Waals surface area contributed by atoms with Gasteiger partial charge < -0.3 is 4.42 Å². The first-order valence-electron chi connectivity index (χ1n) is 6.54. The van der Waals surface area contributed by atoms with E-state index in [1.54, 1.807) is 13.8 Å². The standard InChI is InChI=1S/C13H19NO4S/c1-9-8-12(10(2)18-9)19(16,17)14-13(15)11-6-4-3-5-7-11/h8,11H,3-7H2,1-2H3,(H,14,15). The third kappa shape index (κ3) is 3.18. The number of carbonyl (C=O) groups excluding carboxylic acids is 1. The van der Waals surface area contributed by atoms with E-state index >= 15 is 0 Å². The van der Waals surface area contributed by atoms with E-state index in [2.05, 4.69) is 4.72 Å². The molecule has 1 fully saturated rings. The highest BCUT2D eigenvalue weighted by atomic mass is 32.2. The highest BCUT2D eigenvalue weighted by molar-refractivity contribution is 7.90. The molecule has 1 amide bonds. The van der Waals surface area contributed by atoms with Crippen LogP contribution in [-0.2, 0) is 14.8 Å². The summed E-state index contributed by atoms with van der Waals surface area (Å²) in [5.74, 6) is 0.249. The molecule has 1 heterocycles. The summed E-state index contributed by atoms with van der Waals surface area (Å²) in [6.45, 7) is 3.25. The van der Waals surface area contributed by atoms with Crippen molar-refractivity contribution in [3.63, 3.8) is 0 Å². The van der Waals surface area contributed by atoms with Gasteiger partial charge in [-0.25, -0.2) is 13.1 Å². The topological polar surface area (TPSA) is 76.4 Å². The lowest BCUT2D eigenvalue weighted by atomic mass is 9.89. The van der Waals surface area contributed by atoms with Gasteiger partial charge in [0, 0.05) is 12.0 Å².